The fraction of sp³-hybridized carbons (Fsp3) is 0.450. The first-order chi connectivity index (χ1) is 14.3. The van der Waals surface area contributed by atoms with Gasteiger partial charge in [0, 0.05) is 23.1 Å². The normalized spacial score (nSPS) is 25.5. The average Bonchev–Trinajstić information content (AvgIpc) is 2.68. The summed E-state index contributed by atoms with van der Waals surface area (Å²) in [5, 5.41) is 6.81. The average molecular weight is 477 g/mol. The van der Waals surface area contributed by atoms with E-state index in [2.05, 4.69) is 20.6 Å². The molecule has 6 nitrogen and oxygen atoms in total. The van der Waals surface area contributed by atoms with Gasteiger partial charge in [0.05, 0.1) is 22.4 Å². The topological polar surface area (TPSA) is 76.1 Å². The lowest BCUT2D eigenvalue weighted by Gasteiger charge is -2.59. The maximum Gasteiger partial charge on any atom is 0.434 e. The van der Waals surface area contributed by atoms with Crippen molar-refractivity contribution in [1.82, 2.24) is 15.3 Å². The molecule has 1 aliphatic rings. The molecule has 1 heterocycles. The van der Waals surface area contributed by atoms with E-state index < -0.39 is 22.9 Å². The molecule has 2 aromatic rings. The fourth-order valence-corrected chi connectivity index (χ4v) is 4.14. The van der Waals surface area contributed by atoms with Crippen LogP contribution in [0, 0.1) is 5.92 Å². The Morgan fingerprint density at radius 1 is 1.19 bits per heavy atom. The standard InChI is InChI=1S/C20H21Cl2F3N4O2/c1-11-18(2,28-16-8-26-15(7-27-16)20(23,24)25)10-19(11,3)29-17(30)9-31-12-4-5-13(21)14(22)6-12/h4-8,11H,9-10H2,1-3H3,(H,27,28)(H,29,30). The molecule has 0 bridgehead atoms. The number of amides is 1. The first kappa shape index (κ1) is 23.4. The number of anilines is 1. The summed E-state index contributed by atoms with van der Waals surface area (Å²) < 4.78 is 43.4. The number of alkyl halides is 3. The first-order valence-corrected chi connectivity index (χ1v) is 10.1. The maximum atomic E-state index is 12.6. The number of aromatic nitrogens is 2. The number of ether oxygens (including phenoxy) is 1. The van der Waals surface area contributed by atoms with Gasteiger partial charge in [0.1, 0.15) is 11.6 Å². The SMILES string of the molecule is CC1C(C)(NC(=O)COc2ccc(Cl)c(Cl)c2)CC1(C)Nc1cnc(C(F)(F)F)cn1. The second-order valence-electron chi connectivity index (χ2n) is 8.06. The summed E-state index contributed by atoms with van der Waals surface area (Å²) in [5.74, 6) is 0.289. The summed E-state index contributed by atoms with van der Waals surface area (Å²) in [4.78, 5) is 19.6. The van der Waals surface area contributed by atoms with E-state index in [9.17, 15) is 18.0 Å². The van der Waals surface area contributed by atoms with Crippen LogP contribution in [0.1, 0.15) is 32.9 Å². The van der Waals surface area contributed by atoms with Crippen molar-refractivity contribution < 1.29 is 22.7 Å². The van der Waals surface area contributed by atoms with Gasteiger partial charge in [-0.2, -0.15) is 13.2 Å². The minimum atomic E-state index is -4.54. The highest BCUT2D eigenvalue weighted by molar-refractivity contribution is 6.42. The van der Waals surface area contributed by atoms with Gasteiger partial charge >= 0.3 is 6.18 Å². The molecular weight excluding hydrogens is 456 g/mol. The number of hydrogen-bond donors (Lipinski definition) is 2. The van der Waals surface area contributed by atoms with Gasteiger partial charge in [-0.25, -0.2) is 9.97 Å². The molecule has 1 fully saturated rings. The highest BCUT2D eigenvalue weighted by Gasteiger charge is 2.57. The van der Waals surface area contributed by atoms with Crippen LogP contribution >= 0.6 is 23.2 Å². The lowest BCUT2D eigenvalue weighted by molar-refractivity contribution is -0.141. The summed E-state index contributed by atoms with van der Waals surface area (Å²) in [6.45, 7) is 5.55. The smallest absolute Gasteiger partial charge is 0.434 e. The number of benzene rings is 1. The van der Waals surface area contributed by atoms with Crippen molar-refractivity contribution in [3.63, 3.8) is 0 Å². The summed E-state index contributed by atoms with van der Waals surface area (Å²) in [6.07, 6.45) is -2.26. The molecule has 0 aliphatic heterocycles. The zero-order chi connectivity index (χ0) is 23.0. The van der Waals surface area contributed by atoms with Crippen LogP contribution < -0.4 is 15.4 Å². The summed E-state index contributed by atoms with van der Waals surface area (Å²) in [7, 11) is 0. The van der Waals surface area contributed by atoms with Crippen molar-refractivity contribution in [2.75, 3.05) is 11.9 Å². The molecule has 0 spiro atoms. The van der Waals surface area contributed by atoms with E-state index in [4.69, 9.17) is 27.9 Å². The number of carbonyl (C=O) groups is 1. The molecule has 31 heavy (non-hydrogen) atoms. The van der Waals surface area contributed by atoms with Crippen molar-refractivity contribution in [3.05, 3.63) is 46.3 Å². The van der Waals surface area contributed by atoms with Gasteiger partial charge < -0.3 is 15.4 Å². The lowest BCUT2D eigenvalue weighted by Crippen LogP contribution is -2.72. The predicted octanol–water partition coefficient (Wildman–Crippen LogP) is 4.97. The lowest BCUT2D eigenvalue weighted by atomic mass is 9.56. The Kier molecular flexibility index (Phi) is 6.30. The van der Waals surface area contributed by atoms with E-state index in [1.807, 2.05) is 20.8 Å². The molecule has 3 unspecified atom stereocenters. The molecule has 11 heteroatoms. The maximum absolute atomic E-state index is 12.6. The molecule has 3 rings (SSSR count). The number of nitrogens with zero attached hydrogens (tertiary/aromatic N) is 2. The number of carbonyl (C=O) groups excluding carboxylic acids is 1. The van der Waals surface area contributed by atoms with Gasteiger partial charge in [-0.1, -0.05) is 30.1 Å². The highest BCUT2D eigenvalue weighted by Crippen LogP contribution is 2.48. The molecule has 3 atom stereocenters. The molecule has 2 N–H and O–H groups in total. The predicted molar refractivity (Wildman–Crippen MR) is 111 cm³/mol. The molecule has 1 amide bonds. The molecule has 1 saturated carbocycles. The number of hydrogen-bond acceptors (Lipinski definition) is 5. The van der Waals surface area contributed by atoms with E-state index in [1.165, 1.54) is 6.07 Å². The number of halogens is 5. The Labute approximate surface area is 187 Å². The first-order valence-electron chi connectivity index (χ1n) is 9.39. The van der Waals surface area contributed by atoms with Crippen LogP contribution in [0.15, 0.2) is 30.6 Å². The van der Waals surface area contributed by atoms with E-state index in [0.717, 1.165) is 6.20 Å². The second-order valence-corrected chi connectivity index (χ2v) is 8.87. The van der Waals surface area contributed by atoms with Crippen molar-refractivity contribution in [1.29, 1.82) is 0 Å². The zero-order valence-electron chi connectivity index (χ0n) is 17.0. The van der Waals surface area contributed by atoms with Crippen LogP contribution in [0.4, 0.5) is 19.0 Å². The zero-order valence-corrected chi connectivity index (χ0v) is 18.5. The monoisotopic (exact) mass is 476 g/mol. The Bertz CT molecular complexity index is 974. The third kappa shape index (κ3) is 5.15. The molecule has 1 aromatic carbocycles. The molecule has 1 aliphatic carbocycles. The van der Waals surface area contributed by atoms with Crippen LogP contribution in [-0.4, -0.2) is 33.6 Å². The Balaban J connectivity index is 1.55. The summed E-state index contributed by atoms with van der Waals surface area (Å²) >= 11 is 11.8. The molecular formula is C20H21Cl2F3N4O2. The van der Waals surface area contributed by atoms with Crippen LogP contribution in [0.3, 0.4) is 0 Å². The third-order valence-corrected chi connectivity index (χ3v) is 6.43. The van der Waals surface area contributed by atoms with Gasteiger partial charge in [0.2, 0.25) is 0 Å². The Hall–Kier alpha value is -2.26. The Morgan fingerprint density at radius 2 is 1.90 bits per heavy atom. The number of nitrogens with one attached hydrogen (secondary N) is 2. The van der Waals surface area contributed by atoms with Gasteiger partial charge in [0.25, 0.3) is 5.91 Å². The molecule has 168 valence electrons. The largest absolute Gasteiger partial charge is 0.484 e. The molecule has 1 aromatic heterocycles. The van der Waals surface area contributed by atoms with E-state index in [1.54, 1.807) is 12.1 Å². The van der Waals surface area contributed by atoms with Crippen molar-refractivity contribution in [2.45, 2.75) is 44.4 Å². The second kappa shape index (κ2) is 8.35. The van der Waals surface area contributed by atoms with Gasteiger partial charge in [-0.15, -0.1) is 0 Å². The minimum Gasteiger partial charge on any atom is -0.484 e. The molecule has 0 radical (unpaired) electrons. The quantitative estimate of drug-likeness (QED) is 0.615. The fourth-order valence-electron chi connectivity index (χ4n) is 3.85. The van der Waals surface area contributed by atoms with Crippen molar-refractivity contribution in [3.8, 4) is 5.75 Å². The van der Waals surface area contributed by atoms with E-state index in [0.29, 0.717) is 28.4 Å². The summed E-state index contributed by atoms with van der Waals surface area (Å²) in [6, 6.07) is 4.71. The van der Waals surface area contributed by atoms with Crippen LogP contribution in [-0.2, 0) is 11.0 Å². The molecule has 0 saturated heterocycles. The number of rotatable bonds is 6. The van der Waals surface area contributed by atoms with E-state index in [-0.39, 0.29) is 24.2 Å². The van der Waals surface area contributed by atoms with Gasteiger partial charge in [0.15, 0.2) is 12.3 Å². The van der Waals surface area contributed by atoms with Crippen LogP contribution in [0.25, 0.3) is 0 Å². The highest BCUT2D eigenvalue weighted by atomic mass is 35.5. The van der Waals surface area contributed by atoms with Crippen molar-refractivity contribution >= 4 is 34.9 Å². The Morgan fingerprint density at radius 3 is 2.45 bits per heavy atom. The third-order valence-electron chi connectivity index (χ3n) is 5.69. The minimum absolute atomic E-state index is 0.0574. The van der Waals surface area contributed by atoms with E-state index >= 15 is 0 Å². The van der Waals surface area contributed by atoms with Crippen molar-refractivity contribution in [2.24, 2.45) is 5.92 Å². The van der Waals surface area contributed by atoms with Gasteiger partial charge in [-0.05, 0) is 32.4 Å². The van der Waals surface area contributed by atoms with Crippen LogP contribution in [0.5, 0.6) is 5.75 Å². The summed E-state index contributed by atoms with van der Waals surface area (Å²) in [5.41, 5.74) is -2.07. The van der Waals surface area contributed by atoms with Crippen LogP contribution in [0.2, 0.25) is 10.0 Å². The van der Waals surface area contributed by atoms with Gasteiger partial charge in [-0.3, -0.25) is 4.79 Å².